The number of ether oxygens (including phenoxy) is 1. The normalized spacial score (nSPS) is 16.9. The summed E-state index contributed by atoms with van der Waals surface area (Å²) < 4.78 is 6.81. The highest BCUT2D eigenvalue weighted by Crippen LogP contribution is 2.41. The van der Waals surface area contributed by atoms with Crippen LogP contribution in [0.2, 0.25) is 0 Å². The van der Waals surface area contributed by atoms with Crippen LogP contribution in [0.1, 0.15) is 17.2 Å². The Morgan fingerprint density at radius 2 is 1.57 bits per heavy atom. The number of hydrogen-bond acceptors (Lipinski definition) is 4. The Kier molecular flexibility index (Phi) is 6.11. The highest BCUT2D eigenvalue weighted by Gasteiger charge is 2.34. The predicted molar refractivity (Wildman–Crippen MR) is 153 cm³/mol. The van der Waals surface area contributed by atoms with E-state index in [-0.39, 0.29) is 12.0 Å². The maximum Gasteiger partial charge on any atom is 0.145 e. The van der Waals surface area contributed by atoms with Gasteiger partial charge in [-0.1, -0.05) is 60.7 Å². The van der Waals surface area contributed by atoms with Gasteiger partial charge in [0.2, 0.25) is 0 Å². The van der Waals surface area contributed by atoms with Gasteiger partial charge in [-0.25, -0.2) is 4.99 Å². The first-order valence-electron chi connectivity index (χ1n) is 12.6. The third-order valence-electron chi connectivity index (χ3n) is 6.98. The van der Waals surface area contributed by atoms with Crippen LogP contribution in [-0.2, 0) is 0 Å². The summed E-state index contributed by atoms with van der Waals surface area (Å²) in [7, 11) is 4.11. The zero-order valence-electron chi connectivity index (χ0n) is 21.1. The number of hydrogen-bond donors (Lipinski definition) is 2. The van der Waals surface area contributed by atoms with Crippen LogP contribution in [0, 0.1) is 5.92 Å². The van der Waals surface area contributed by atoms with Crippen molar-refractivity contribution in [3.63, 3.8) is 0 Å². The van der Waals surface area contributed by atoms with Gasteiger partial charge in [0.05, 0.1) is 11.6 Å². The van der Waals surface area contributed by atoms with Gasteiger partial charge < -0.3 is 19.9 Å². The van der Waals surface area contributed by atoms with Crippen molar-refractivity contribution in [3.05, 3.63) is 120 Å². The Balaban J connectivity index is 1.51. The fourth-order valence-electron chi connectivity index (χ4n) is 5.02. The summed E-state index contributed by atoms with van der Waals surface area (Å²) in [6.07, 6.45) is 1.85. The number of benzene rings is 4. The molecule has 0 spiro atoms. The molecule has 184 valence electrons. The molecule has 1 aromatic heterocycles. The first kappa shape index (κ1) is 22.9. The van der Waals surface area contributed by atoms with Gasteiger partial charge in [0.15, 0.2) is 0 Å². The minimum absolute atomic E-state index is 0.0583. The summed E-state index contributed by atoms with van der Waals surface area (Å²) in [5.74, 6) is 0.737. The monoisotopic (exact) mass is 486 g/mol. The topological polar surface area (TPSA) is 52.6 Å². The van der Waals surface area contributed by atoms with Gasteiger partial charge in [0.1, 0.15) is 17.5 Å². The summed E-state index contributed by atoms with van der Waals surface area (Å²) in [5, 5.41) is 4.82. The van der Waals surface area contributed by atoms with Crippen molar-refractivity contribution in [3.8, 4) is 5.75 Å². The molecule has 6 rings (SSSR count). The van der Waals surface area contributed by atoms with Crippen molar-refractivity contribution in [2.24, 2.45) is 10.9 Å². The van der Waals surface area contributed by atoms with E-state index >= 15 is 0 Å². The summed E-state index contributed by atoms with van der Waals surface area (Å²) in [4.78, 5) is 10.8. The van der Waals surface area contributed by atoms with Crippen molar-refractivity contribution >= 4 is 33.7 Å². The van der Waals surface area contributed by atoms with Crippen molar-refractivity contribution in [1.82, 2.24) is 4.98 Å². The van der Waals surface area contributed by atoms with Crippen molar-refractivity contribution in [2.45, 2.75) is 6.10 Å². The van der Waals surface area contributed by atoms with Gasteiger partial charge in [0, 0.05) is 54.7 Å². The van der Waals surface area contributed by atoms with Crippen LogP contribution in [-0.4, -0.2) is 31.3 Å². The lowest BCUT2D eigenvalue weighted by atomic mass is 9.87. The molecule has 37 heavy (non-hydrogen) atoms. The molecule has 4 aromatic carbocycles. The number of rotatable bonds is 6. The smallest absolute Gasteiger partial charge is 0.145 e. The molecule has 0 fully saturated rings. The lowest BCUT2D eigenvalue weighted by Crippen LogP contribution is -2.32. The molecule has 1 aliphatic rings. The number of H-pyrrole nitrogens is 1. The van der Waals surface area contributed by atoms with E-state index in [0.29, 0.717) is 6.54 Å². The van der Waals surface area contributed by atoms with E-state index in [4.69, 9.17) is 9.73 Å². The van der Waals surface area contributed by atoms with Crippen LogP contribution in [0.15, 0.2) is 114 Å². The van der Waals surface area contributed by atoms with Gasteiger partial charge in [-0.3, -0.25) is 0 Å². The highest BCUT2D eigenvalue weighted by molar-refractivity contribution is 6.13. The molecule has 0 aliphatic carbocycles. The summed E-state index contributed by atoms with van der Waals surface area (Å²) >= 11 is 0. The second kappa shape index (κ2) is 9.86. The Hall–Kier alpha value is -4.51. The molecule has 1 aliphatic heterocycles. The molecule has 2 unspecified atom stereocenters. The number of fused-ring (bicyclic) bond motifs is 2. The molecule has 2 atom stereocenters. The third kappa shape index (κ3) is 4.56. The van der Waals surface area contributed by atoms with E-state index in [1.807, 2.05) is 42.5 Å². The van der Waals surface area contributed by atoms with Crippen molar-refractivity contribution in [2.75, 3.05) is 30.9 Å². The average Bonchev–Trinajstić information content (AvgIpc) is 3.29. The van der Waals surface area contributed by atoms with Crippen LogP contribution in [0.5, 0.6) is 5.75 Å². The zero-order chi connectivity index (χ0) is 25.2. The van der Waals surface area contributed by atoms with E-state index in [2.05, 4.69) is 96.2 Å². The van der Waals surface area contributed by atoms with Gasteiger partial charge in [0.25, 0.3) is 0 Å². The second-order valence-electron chi connectivity index (χ2n) is 9.59. The fourth-order valence-corrected chi connectivity index (χ4v) is 5.02. The quantitative estimate of drug-likeness (QED) is 0.266. The number of nitrogens with zero attached hydrogens (tertiary/aromatic N) is 2. The number of aliphatic imine (C=N–C) groups is 1. The Morgan fingerprint density at radius 1 is 0.838 bits per heavy atom. The molecule has 0 radical (unpaired) electrons. The molecule has 5 heteroatoms. The minimum Gasteiger partial charge on any atom is -0.483 e. The number of nitrogens with one attached hydrogen (secondary N) is 2. The lowest BCUT2D eigenvalue weighted by molar-refractivity contribution is 0.176. The van der Waals surface area contributed by atoms with E-state index in [9.17, 15) is 0 Å². The number of anilines is 2. The SMILES string of the molecule is CN(C)c1ccc(C2Oc3ccccc3N=C(c3c[nH]c4ccccc34)C2CNc2ccccc2)cc1. The third-order valence-corrected chi connectivity index (χ3v) is 6.98. The van der Waals surface area contributed by atoms with E-state index < -0.39 is 0 Å². The molecule has 0 bridgehead atoms. The molecule has 5 aromatic rings. The van der Waals surface area contributed by atoms with Crippen LogP contribution in [0.25, 0.3) is 10.9 Å². The van der Waals surface area contributed by atoms with Crippen LogP contribution < -0.4 is 15.0 Å². The standard InChI is InChI=1S/C32H30N4O/c1-36(2)24-18-16-22(17-19-24)32-27(21-33-23-10-4-3-5-11-23)31(35-29-14-8-9-15-30(29)37-32)26-20-34-28-13-7-6-12-25(26)28/h3-20,27,32-34H,21H2,1-2H3. The van der Waals surface area contributed by atoms with Crippen LogP contribution in [0.3, 0.4) is 0 Å². The summed E-state index contributed by atoms with van der Waals surface area (Å²) in [6.45, 7) is 0.663. The highest BCUT2D eigenvalue weighted by atomic mass is 16.5. The molecule has 0 saturated heterocycles. The predicted octanol–water partition coefficient (Wildman–Crippen LogP) is 7.22. The van der Waals surface area contributed by atoms with Gasteiger partial charge >= 0.3 is 0 Å². The largest absolute Gasteiger partial charge is 0.483 e. The molecule has 5 nitrogen and oxygen atoms in total. The maximum atomic E-state index is 6.81. The Morgan fingerprint density at radius 3 is 2.38 bits per heavy atom. The second-order valence-corrected chi connectivity index (χ2v) is 9.59. The molecular formula is C32H30N4O. The minimum atomic E-state index is -0.233. The molecular weight excluding hydrogens is 456 g/mol. The average molecular weight is 487 g/mol. The zero-order valence-corrected chi connectivity index (χ0v) is 21.1. The fraction of sp³-hybridized carbons (Fsp3) is 0.156. The van der Waals surface area contributed by atoms with Gasteiger partial charge in [-0.2, -0.15) is 0 Å². The summed E-state index contributed by atoms with van der Waals surface area (Å²) in [6, 6.07) is 35.4. The molecule has 0 amide bonds. The van der Waals surface area contributed by atoms with Crippen LogP contribution in [0.4, 0.5) is 17.1 Å². The van der Waals surface area contributed by atoms with E-state index in [0.717, 1.165) is 50.6 Å². The molecule has 2 heterocycles. The Labute approximate surface area is 217 Å². The summed E-state index contributed by atoms with van der Waals surface area (Å²) in [5.41, 5.74) is 7.40. The van der Waals surface area contributed by atoms with E-state index in [1.165, 1.54) is 0 Å². The number of para-hydroxylation sites is 4. The van der Waals surface area contributed by atoms with Crippen molar-refractivity contribution < 1.29 is 4.74 Å². The van der Waals surface area contributed by atoms with E-state index in [1.54, 1.807) is 0 Å². The van der Waals surface area contributed by atoms with Crippen LogP contribution >= 0.6 is 0 Å². The maximum absolute atomic E-state index is 6.81. The molecule has 0 saturated carbocycles. The van der Waals surface area contributed by atoms with Gasteiger partial charge in [-0.05, 0) is 48.0 Å². The first-order chi connectivity index (χ1) is 18.2. The molecule has 2 N–H and O–H groups in total. The number of aromatic nitrogens is 1. The Bertz CT molecular complexity index is 1540. The first-order valence-corrected chi connectivity index (χ1v) is 12.6. The number of aromatic amines is 1. The van der Waals surface area contributed by atoms with Gasteiger partial charge in [-0.15, -0.1) is 0 Å². The lowest BCUT2D eigenvalue weighted by Gasteiger charge is -2.28. The van der Waals surface area contributed by atoms with Crippen molar-refractivity contribution in [1.29, 1.82) is 0 Å².